The lowest BCUT2D eigenvalue weighted by Gasteiger charge is -2.12. The van der Waals surface area contributed by atoms with Gasteiger partial charge in [-0.25, -0.2) is 9.37 Å². The van der Waals surface area contributed by atoms with Crippen LogP contribution in [0.2, 0.25) is 0 Å². The second kappa shape index (κ2) is 7.23. The van der Waals surface area contributed by atoms with Crippen LogP contribution in [0.5, 0.6) is 11.5 Å². The zero-order valence-corrected chi connectivity index (χ0v) is 15.9. The molecule has 5 nitrogen and oxygen atoms in total. The molecule has 0 bridgehead atoms. The summed E-state index contributed by atoms with van der Waals surface area (Å²) < 4.78 is 26.4. The molecule has 0 aliphatic rings. The van der Waals surface area contributed by atoms with Crippen LogP contribution in [0.25, 0.3) is 22.2 Å². The molecular weight excluding hydrogens is 357 g/mol. The molecule has 4 aromatic rings. The van der Waals surface area contributed by atoms with Crippen molar-refractivity contribution in [2.75, 3.05) is 19.5 Å². The van der Waals surface area contributed by atoms with Gasteiger partial charge in [0.25, 0.3) is 0 Å². The lowest BCUT2D eigenvalue weighted by molar-refractivity contribution is 0.395. The first-order chi connectivity index (χ1) is 13.6. The Morgan fingerprint density at radius 2 is 1.86 bits per heavy atom. The summed E-state index contributed by atoms with van der Waals surface area (Å²) in [4.78, 5) is 4.50. The van der Waals surface area contributed by atoms with E-state index in [0.717, 1.165) is 27.8 Å². The molecule has 4 rings (SSSR count). The van der Waals surface area contributed by atoms with E-state index in [2.05, 4.69) is 10.3 Å². The third-order valence-corrected chi connectivity index (χ3v) is 4.75. The van der Waals surface area contributed by atoms with Crippen molar-refractivity contribution in [2.24, 2.45) is 7.05 Å². The topological polar surface area (TPSA) is 48.3 Å². The van der Waals surface area contributed by atoms with Crippen molar-refractivity contribution in [3.05, 3.63) is 66.6 Å². The molecule has 0 atom stereocenters. The highest BCUT2D eigenvalue weighted by Gasteiger charge is 2.14. The van der Waals surface area contributed by atoms with Crippen molar-refractivity contribution in [3.8, 4) is 22.8 Å². The molecule has 0 aliphatic carbocycles. The molecule has 6 heteroatoms. The smallest absolute Gasteiger partial charge is 0.146 e. The summed E-state index contributed by atoms with van der Waals surface area (Å²) in [7, 11) is 5.18. The fourth-order valence-electron chi connectivity index (χ4n) is 3.31. The van der Waals surface area contributed by atoms with E-state index in [1.165, 1.54) is 12.1 Å². The number of hydrogen-bond donors (Lipinski definition) is 1. The van der Waals surface area contributed by atoms with Gasteiger partial charge in [0, 0.05) is 36.0 Å². The fourth-order valence-corrected chi connectivity index (χ4v) is 3.31. The number of hydrogen-bond acceptors (Lipinski definition) is 4. The molecule has 0 aliphatic heterocycles. The van der Waals surface area contributed by atoms with E-state index in [-0.39, 0.29) is 5.82 Å². The predicted octanol–water partition coefficient (Wildman–Crippen LogP) is 5.14. The van der Waals surface area contributed by atoms with Gasteiger partial charge in [0.1, 0.15) is 23.1 Å². The number of nitrogens with one attached hydrogen (secondary N) is 1. The fraction of sp³-hybridized carbons (Fsp3) is 0.136. The number of nitrogens with zero attached hydrogens (tertiary/aromatic N) is 2. The third kappa shape index (κ3) is 3.13. The minimum absolute atomic E-state index is 0.262. The van der Waals surface area contributed by atoms with Crippen LogP contribution in [0.4, 0.5) is 15.9 Å². The number of ether oxygens (including phenoxy) is 2. The van der Waals surface area contributed by atoms with Gasteiger partial charge in [0.2, 0.25) is 0 Å². The zero-order chi connectivity index (χ0) is 19.7. The normalized spacial score (nSPS) is 10.9. The highest BCUT2D eigenvalue weighted by Crippen LogP contribution is 2.35. The minimum atomic E-state index is -0.262. The van der Waals surface area contributed by atoms with Crippen molar-refractivity contribution in [2.45, 2.75) is 0 Å². The van der Waals surface area contributed by atoms with Gasteiger partial charge in [0.15, 0.2) is 0 Å². The Morgan fingerprint density at radius 1 is 1.00 bits per heavy atom. The number of fused-ring (bicyclic) bond motifs is 1. The molecular formula is C22H20FN3O2. The molecule has 0 radical (unpaired) electrons. The Morgan fingerprint density at radius 3 is 2.61 bits per heavy atom. The SMILES string of the molecule is COc1ccc(Nc2nccc3c2cc(-c2cccc(F)c2)n3C)c(OC)c1. The third-order valence-electron chi connectivity index (χ3n) is 4.75. The average Bonchev–Trinajstić information content (AvgIpc) is 3.06. The van der Waals surface area contributed by atoms with E-state index in [1.54, 1.807) is 26.5 Å². The van der Waals surface area contributed by atoms with Gasteiger partial charge < -0.3 is 19.4 Å². The van der Waals surface area contributed by atoms with Crippen molar-refractivity contribution < 1.29 is 13.9 Å². The second-order valence-electron chi connectivity index (χ2n) is 6.38. The summed E-state index contributed by atoms with van der Waals surface area (Å²) in [6.07, 6.45) is 1.75. The highest BCUT2D eigenvalue weighted by atomic mass is 19.1. The predicted molar refractivity (Wildman–Crippen MR) is 109 cm³/mol. The number of halogens is 1. The van der Waals surface area contributed by atoms with Crippen LogP contribution in [-0.2, 0) is 7.05 Å². The number of anilines is 2. The average molecular weight is 377 g/mol. The summed E-state index contributed by atoms with van der Waals surface area (Å²) in [6, 6.07) is 16.1. The Labute approximate surface area is 162 Å². The number of pyridine rings is 1. The van der Waals surface area contributed by atoms with Gasteiger partial charge in [-0.2, -0.15) is 0 Å². The monoisotopic (exact) mass is 377 g/mol. The molecule has 0 amide bonds. The highest BCUT2D eigenvalue weighted by molar-refractivity contribution is 5.96. The summed E-state index contributed by atoms with van der Waals surface area (Å²) in [5, 5.41) is 4.27. The van der Waals surface area contributed by atoms with E-state index in [1.807, 2.05) is 48.0 Å². The molecule has 0 unspecified atom stereocenters. The Balaban J connectivity index is 1.80. The van der Waals surface area contributed by atoms with Crippen LogP contribution in [0, 0.1) is 5.82 Å². The Kier molecular flexibility index (Phi) is 4.61. The number of aryl methyl sites for hydroxylation is 1. The van der Waals surface area contributed by atoms with E-state index in [4.69, 9.17) is 9.47 Å². The van der Waals surface area contributed by atoms with Crippen molar-refractivity contribution in [1.82, 2.24) is 9.55 Å². The number of aromatic nitrogens is 2. The van der Waals surface area contributed by atoms with Crippen molar-refractivity contribution in [3.63, 3.8) is 0 Å². The second-order valence-corrected chi connectivity index (χ2v) is 6.38. The molecule has 142 valence electrons. The standard InChI is InChI=1S/C22H20FN3O2/c1-26-19-9-10-24-22(25-18-8-7-16(27-2)12-21(18)28-3)17(19)13-20(26)14-5-4-6-15(23)11-14/h4-13H,1-3H3,(H,24,25). The van der Waals surface area contributed by atoms with Crippen molar-refractivity contribution in [1.29, 1.82) is 0 Å². The van der Waals surface area contributed by atoms with Gasteiger partial charge >= 0.3 is 0 Å². The van der Waals surface area contributed by atoms with Crippen LogP contribution in [0.15, 0.2) is 60.8 Å². The molecule has 28 heavy (non-hydrogen) atoms. The maximum atomic E-state index is 13.7. The molecule has 2 aromatic carbocycles. The molecule has 2 heterocycles. The van der Waals surface area contributed by atoms with E-state index in [9.17, 15) is 4.39 Å². The maximum Gasteiger partial charge on any atom is 0.146 e. The molecule has 0 fully saturated rings. The van der Waals surface area contributed by atoms with Crippen LogP contribution < -0.4 is 14.8 Å². The van der Waals surface area contributed by atoms with Crippen LogP contribution >= 0.6 is 0 Å². The summed E-state index contributed by atoms with van der Waals surface area (Å²) in [5.74, 6) is 1.79. The molecule has 1 N–H and O–H groups in total. The molecule has 0 saturated carbocycles. The van der Waals surface area contributed by atoms with Gasteiger partial charge in [-0.05, 0) is 36.4 Å². The van der Waals surface area contributed by atoms with E-state index < -0.39 is 0 Å². The summed E-state index contributed by atoms with van der Waals surface area (Å²) in [6.45, 7) is 0. The van der Waals surface area contributed by atoms with Crippen LogP contribution in [-0.4, -0.2) is 23.8 Å². The van der Waals surface area contributed by atoms with Gasteiger partial charge in [-0.1, -0.05) is 12.1 Å². The van der Waals surface area contributed by atoms with Crippen LogP contribution in [0.3, 0.4) is 0 Å². The first-order valence-electron chi connectivity index (χ1n) is 8.80. The van der Waals surface area contributed by atoms with Gasteiger partial charge in [-0.15, -0.1) is 0 Å². The summed E-state index contributed by atoms with van der Waals surface area (Å²) in [5.41, 5.74) is 3.49. The Bertz CT molecular complexity index is 1150. The number of benzene rings is 2. The maximum absolute atomic E-state index is 13.7. The summed E-state index contributed by atoms with van der Waals surface area (Å²) >= 11 is 0. The van der Waals surface area contributed by atoms with Crippen LogP contribution in [0.1, 0.15) is 0 Å². The molecule has 0 saturated heterocycles. The number of rotatable bonds is 5. The lowest BCUT2D eigenvalue weighted by Crippen LogP contribution is -1.98. The Hall–Kier alpha value is -3.54. The first kappa shape index (κ1) is 17.9. The zero-order valence-electron chi connectivity index (χ0n) is 15.9. The van der Waals surface area contributed by atoms with Gasteiger partial charge in [-0.3, -0.25) is 0 Å². The van der Waals surface area contributed by atoms with E-state index in [0.29, 0.717) is 17.3 Å². The molecule has 0 spiro atoms. The number of methoxy groups -OCH3 is 2. The van der Waals surface area contributed by atoms with Gasteiger partial charge in [0.05, 0.1) is 25.4 Å². The first-order valence-corrected chi connectivity index (χ1v) is 8.80. The largest absolute Gasteiger partial charge is 0.497 e. The lowest BCUT2D eigenvalue weighted by atomic mass is 10.1. The van der Waals surface area contributed by atoms with E-state index >= 15 is 0 Å². The minimum Gasteiger partial charge on any atom is -0.497 e. The van der Waals surface area contributed by atoms with Crippen molar-refractivity contribution >= 4 is 22.4 Å². The quantitative estimate of drug-likeness (QED) is 0.523. The molecule has 2 aromatic heterocycles.